The molecule has 0 heterocycles. The third-order valence-corrected chi connectivity index (χ3v) is 6.07. The van der Waals surface area contributed by atoms with E-state index < -0.39 is 80.2 Å². The van der Waals surface area contributed by atoms with E-state index in [0.717, 1.165) is 12.1 Å². The molecule has 0 fully saturated rings. The van der Waals surface area contributed by atoms with Gasteiger partial charge in [-0.3, -0.25) is 0 Å². The van der Waals surface area contributed by atoms with E-state index in [2.05, 4.69) is 0 Å². The van der Waals surface area contributed by atoms with Crippen molar-refractivity contribution in [3.8, 4) is 22.3 Å². The van der Waals surface area contributed by atoms with Crippen molar-refractivity contribution in [2.45, 2.75) is 6.18 Å². The summed E-state index contributed by atoms with van der Waals surface area (Å²) in [6.45, 7) is 0. The molecule has 0 aromatic heterocycles. The van der Waals surface area contributed by atoms with Gasteiger partial charge in [0.25, 0.3) is 0 Å². The van der Waals surface area contributed by atoms with Gasteiger partial charge in [0.05, 0.1) is 5.56 Å². The van der Waals surface area contributed by atoms with Gasteiger partial charge in [-0.05, 0) is 40.6 Å². The van der Waals surface area contributed by atoms with Crippen molar-refractivity contribution in [3.05, 3.63) is 107 Å². The largest absolute Gasteiger partial charge is 0.422 e. The summed E-state index contributed by atoms with van der Waals surface area (Å²) in [5.41, 5.74) is -6.01. The lowest BCUT2D eigenvalue weighted by atomic mass is 9.84. The highest BCUT2D eigenvalue weighted by atomic mass is 19.4. The Labute approximate surface area is 205 Å². The fraction of sp³-hybridized carbons (Fsp3) is 0.0370. The van der Waals surface area contributed by atoms with Gasteiger partial charge < -0.3 is 0 Å². The molecular formula is C27H9F11. The number of benzene rings is 5. The molecule has 0 bridgehead atoms. The highest BCUT2D eigenvalue weighted by Gasteiger charge is 2.43. The second-order valence-electron chi connectivity index (χ2n) is 8.21. The Hall–Kier alpha value is -4.15. The zero-order valence-electron chi connectivity index (χ0n) is 18.4. The summed E-state index contributed by atoms with van der Waals surface area (Å²) in [5, 5.41) is -2.24. The normalized spacial score (nSPS) is 12.1. The Kier molecular flexibility index (Phi) is 5.85. The van der Waals surface area contributed by atoms with E-state index in [1.165, 1.54) is 18.2 Å². The van der Waals surface area contributed by atoms with Crippen molar-refractivity contribution in [2.24, 2.45) is 0 Å². The Morgan fingerprint density at radius 3 is 1.42 bits per heavy atom. The van der Waals surface area contributed by atoms with Gasteiger partial charge >= 0.3 is 6.18 Å². The molecule has 0 N–H and O–H groups in total. The molecule has 0 aliphatic carbocycles. The molecule has 11 heteroatoms. The molecule has 5 aromatic carbocycles. The van der Waals surface area contributed by atoms with Crippen molar-refractivity contribution in [3.63, 3.8) is 0 Å². The van der Waals surface area contributed by atoms with Crippen molar-refractivity contribution >= 4 is 21.5 Å². The van der Waals surface area contributed by atoms with Crippen LogP contribution in [0.4, 0.5) is 48.3 Å². The topological polar surface area (TPSA) is 0 Å². The van der Waals surface area contributed by atoms with Crippen LogP contribution in [0.25, 0.3) is 43.8 Å². The van der Waals surface area contributed by atoms with Crippen LogP contribution in [0.15, 0.2) is 54.6 Å². The molecule has 0 atom stereocenters. The molecule has 0 saturated carbocycles. The zero-order valence-corrected chi connectivity index (χ0v) is 18.4. The molecule has 0 spiro atoms. The van der Waals surface area contributed by atoms with Crippen LogP contribution in [0.5, 0.6) is 0 Å². The smallest absolute Gasteiger partial charge is 0.206 e. The van der Waals surface area contributed by atoms with Gasteiger partial charge in [0, 0.05) is 21.9 Å². The van der Waals surface area contributed by atoms with Gasteiger partial charge in [-0.2, -0.15) is 13.2 Å². The van der Waals surface area contributed by atoms with E-state index >= 15 is 17.6 Å². The highest BCUT2D eigenvalue weighted by Crippen LogP contribution is 2.48. The Morgan fingerprint density at radius 2 is 0.921 bits per heavy atom. The molecule has 0 nitrogen and oxygen atoms in total. The van der Waals surface area contributed by atoms with Crippen LogP contribution in [0.1, 0.15) is 5.56 Å². The van der Waals surface area contributed by atoms with E-state index in [4.69, 9.17) is 0 Å². The highest BCUT2D eigenvalue weighted by molar-refractivity contribution is 6.21. The average molecular weight is 542 g/mol. The van der Waals surface area contributed by atoms with Crippen LogP contribution >= 0.6 is 0 Å². The van der Waals surface area contributed by atoms with Gasteiger partial charge in [-0.1, -0.05) is 30.3 Å². The van der Waals surface area contributed by atoms with Crippen LogP contribution in [0, 0.1) is 46.5 Å². The van der Waals surface area contributed by atoms with E-state index in [-0.39, 0.29) is 21.9 Å². The number of halogens is 11. The minimum absolute atomic E-state index is 0.162. The Morgan fingerprint density at radius 1 is 0.447 bits per heavy atom. The van der Waals surface area contributed by atoms with Crippen LogP contribution in [0.2, 0.25) is 0 Å². The van der Waals surface area contributed by atoms with Gasteiger partial charge in [0.15, 0.2) is 34.9 Å². The summed E-state index contributed by atoms with van der Waals surface area (Å²) in [6.07, 6.45) is -5.83. The molecule has 0 unspecified atom stereocenters. The minimum Gasteiger partial charge on any atom is -0.206 e. The van der Waals surface area contributed by atoms with E-state index in [1.807, 2.05) is 0 Å². The third-order valence-electron chi connectivity index (χ3n) is 6.07. The van der Waals surface area contributed by atoms with Gasteiger partial charge in [-0.25, -0.2) is 35.1 Å². The lowest BCUT2D eigenvalue weighted by molar-refractivity contribution is -0.143. The molecule has 0 saturated heterocycles. The summed E-state index contributed by atoms with van der Waals surface area (Å²) in [7, 11) is 0. The first-order valence-corrected chi connectivity index (χ1v) is 10.6. The van der Waals surface area contributed by atoms with Gasteiger partial charge in [-0.15, -0.1) is 0 Å². The quantitative estimate of drug-likeness (QED) is 0.118. The lowest BCUT2D eigenvalue weighted by Crippen LogP contribution is -2.16. The first-order chi connectivity index (χ1) is 17.8. The maximum atomic E-state index is 15.3. The monoisotopic (exact) mass is 542 g/mol. The molecular weight excluding hydrogens is 533 g/mol. The predicted octanol–water partition coefficient (Wildman–Crippen LogP) is 9.46. The number of hydrogen-bond acceptors (Lipinski definition) is 0. The fourth-order valence-electron chi connectivity index (χ4n) is 4.54. The van der Waals surface area contributed by atoms with E-state index in [9.17, 15) is 30.7 Å². The maximum absolute atomic E-state index is 15.3. The molecule has 0 radical (unpaired) electrons. The SMILES string of the molecule is Fc1ccc(-c2c3ccccc3c(-c3c(F)c(F)c(C(F)(F)F)c(F)c3F)c3c(F)ccc(F)c23)cc1F. The van der Waals surface area contributed by atoms with Crippen molar-refractivity contribution in [2.75, 3.05) is 0 Å². The summed E-state index contributed by atoms with van der Waals surface area (Å²) in [5.74, 6) is -15.8. The Bertz CT molecular complexity index is 1760. The van der Waals surface area contributed by atoms with E-state index in [1.54, 1.807) is 0 Å². The Balaban J connectivity index is 2.07. The molecule has 194 valence electrons. The first-order valence-electron chi connectivity index (χ1n) is 10.6. The first kappa shape index (κ1) is 25.5. The maximum Gasteiger partial charge on any atom is 0.422 e. The minimum atomic E-state index is -5.83. The molecule has 5 rings (SSSR count). The lowest BCUT2D eigenvalue weighted by Gasteiger charge is -2.20. The molecule has 5 aromatic rings. The van der Waals surface area contributed by atoms with Crippen molar-refractivity contribution in [1.29, 1.82) is 0 Å². The third kappa shape index (κ3) is 3.67. The summed E-state index contributed by atoms with van der Waals surface area (Å²) in [4.78, 5) is 0. The van der Waals surface area contributed by atoms with Crippen LogP contribution in [-0.2, 0) is 6.18 Å². The zero-order chi connectivity index (χ0) is 27.7. The fourth-order valence-corrected chi connectivity index (χ4v) is 4.54. The summed E-state index contributed by atoms with van der Waals surface area (Å²) >= 11 is 0. The summed E-state index contributed by atoms with van der Waals surface area (Å²) in [6, 6.07) is 8.38. The van der Waals surface area contributed by atoms with E-state index in [0.29, 0.717) is 24.3 Å². The van der Waals surface area contributed by atoms with Crippen molar-refractivity contribution < 1.29 is 48.3 Å². The summed E-state index contributed by atoms with van der Waals surface area (Å²) < 4.78 is 157. The predicted molar refractivity (Wildman–Crippen MR) is 117 cm³/mol. The molecule has 0 amide bonds. The second kappa shape index (κ2) is 8.71. The standard InChI is InChI=1S/C27H9F11/c28-13-6-5-10(9-16(13)31)17-11-3-1-2-4-12(11)18(20-15(30)8-7-14(29)19(17)20)21-23(32)25(34)22(27(36,37)38)26(35)24(21)33/h1-9H. The molecule has 0 aliphatic heterocycles. The molecule has 0 aliphatic rings. The van der Waals surface area contributed by atoms with Gasteiger partial charge in [0.1, 0.15) is 17.2 Å². The second-order valence-corrected chi connectivity index (χ2v) is 8.21. The number of rotatable bonds is 2. The number of hydrogen-bond donors (Lipinski definition) is 0. The van der Waals surface area contributed by atoms with Crippen LogP contribution < -0.4 is 0 Å². The number of alkyl halides is 3. The van der Waals surface area contributed by atoms with Crippen LogP contribution in [-0.4, -0.2) is 0 Å². The van der Waals surface area contributed by atoms with Crippen molar-refractivity contribution in [1.82, 2.24) is 0 Å². The average Bonchev–Trinajstić information content (AvgIpc) is 2.86. The number of fused-ring (bicyclic) bond motifs is 2. The van der Waals surface area contributed by atoms with Crippen LogP contribution in [0.3, 0.4) is 0 Å². The van der Waals surface area contributed by atoms with Gasteiger partial charge in [0.2, 0.25) is 0 Å². The molecule has 38 heavy (non-hydrogen) atoms.